The summed E-state index contributed by atoms with van der Waals surface area (Å²) in [5.41, 5.74) is 13.0. The van der Waals surface area contributed by atoms with Crippen molar-refractivity contribution in [1.82, 2.24) is 5.32 Å². The van der Waals surface area contributed by atoms with Crippen LogP contribution in [0.25, 0.3) is 0 Å². The van der Waals surface area contributed by atoms with Crippen molar-refractivity contribution >= 4 is 17.6 Å². The number of urea groups is 1. The zero-order chi connectivity index (χ0) is 17.1. The summed E-state index contributed by atoms with van der Waals surface area (Å²) in [5, 5.41) is 5.57. The predicted octanol–water partition coefficient (Wildman–Crippen LogP) is 1.95. The number of amides is 3. The molecule has 6 nitrogen and oxygen atoms in total. The lowest BCUT2D eigenvalue weighted by Gasteiger charge is -2.43. The van der Waals surface area contributed by atoms with Gasteiger partial charge in [-0.25, -0.2) is 4.79 Å². The normalized spacial score (nSPS) is 28.9. The number of carbonyl (C=O) groups excluding carboxylic acids is 2. The molecule has 2 saturated carbocycles. The van der Waals surface area contributed by atoms with Gasteiger partial charge in [-0.05, 0) is 55.2 Å². The van der Waals surface area contributed by atoms with Crippen LogP contribution in [-0.4, -0.2) is 18.0 Å². The van der Waals surface area contributed by atoms with Gasteiger partial charge in [-0.15, -0.1) is 0 Å². The molecule has 0 aliphatic heterocycles. The molecule has 0 radical (unpaired) electrons. The van der Waals surface area contributed by atoms with Crippen molar-refractivity contribution in [2.24, 2.45) is 29.2 Å². The average Bonchev–Trinajstić information content (AvgIpc) is 2.52. The van der Waals surface area contributed by atoms with Crippen molar-refractivity contribution in [2.75, 3.05) is 5.32 Å². The first kappa shape index (κ1) is 16.8. The molecule has 0 aromatic heterocycles. The van der Waals surface area contributed by atoms with E-state index in [2.05, 4.69) is 10.6 Å². The van der Waals surface area contributed by atoms with Gasteiger partial charge in [0.15, 0.2) is 0 Å². The first-order valence-electron chi connectivity index (χ1n) is 8.71. The number of nitrogens with one attached hydrogen (secondary N) is 2. The van der Waals surface area contributed by atoms with Crippen molar-refractivity contribution in [3.05, 3.63) is 29.8 Å². The average molecular weight is 330 g/mol. The van der Waals surface area contributed by atoms with Crippen molar-refractivity contribution in [3.8, 4) is 0 Å². The molecule has 0 heterocycles. The molecule has 6 N–H and O–H groups in total. The van der Waals surface area contributed by atoms with Crippen molar-refractivity contribution in [2.45, 2.75) is 44.7 Å². The summed E-state index contributed by atoms with van der Waals surface area (Å²) in [4.78, 5) is 23.4. The van der Waals surface area contributed by atoms with E-state index in [0.29, 0.717) is 24.1 Å². The van der Waals surface area contributed by atoms with Crippen LogP contribution in [0.3, 0.4) is 0 Å². The van der Waals surface area contributed by atoms with E-state index in [1.165, 1.54) is 6.42 Å². The topological polar surface area (TPSA) is 110 Å². The Morgan fingerprint density at radius 2 is 1.88 bits per heavy atom. The molecule has 0 saturated heterocycles. The van der Waals surface area contributed by atoms with E-state index in [0.717, 1.165) is 31.2 Å². The minimum Gasteiger partial charge on any atom is -0.352 e. The maximum Gasteiger partial charge on any atom is 0.316 e. The van der Waals surface area contributed by atoms with Crippen molar-refractivity contribution in [1.29, 1.82) is 0 Å². The van der Waals surface area contributed by atoms with Crippen LogP contribution in [0, 0.1) is 17.8 Å². The van der Waals surface area contributed by atoms with Crippen molar-refractivity contribution in [3.63, 3.8) is 0 Å². The van der Waals surface area contributed by atoms with Crippen LogP contribution in [0.5, 0.6) is 0 Å². The van der Waals surface area contributed by atoms with E-state index in [1.807, 2.05) is 18.2 Å². The molecule has 6 heteroatoms. The lowest BCUT2D eigenvalue weighted by molar-refractivity contribution is -0.128. The Hall–Kier alpha value is -2.08. The zero-order valence-electron chi connectivity index (χ0n) is 13.8. The van der Waals surface area contributed by atoms with Crippen LogP contribution in [0.4, 0.5) is 10.5 Å². The van der Waals surface area contributed by atoms with Gasteiger partial charge in [-0.1, -0.05) is 18.6 Å². The SMILES string of the molecule is NC(=O)Nc1cccc(CNC(=O)C2CC3CCCC(C2)C3N)c1. The second-order valence-electron chi connectivity index (χ2n) is 7.10. The minimum atomic E-state index is -0.596. The van der Waals surface area contributed by atoms with E-state index in [1.54, 1.807) is 6.07 Å². The fourth-order valence-electron chi connectivity index (χ4n) is 4.24. The second-order valence-corrected chi connectivity index (χ2v) is 7.10. The third kappa shape index (κ3) is 3.87. The first-order valence-corrected chi connectivity index (χ1v) is 8.71. The van der Waals surface area contributed by atoms with Crippen LogP contribution in [0.1, 0.15) is 37.7 Å². The molecule has 1 aromatic rings. The van der Waals surface area contributed by atoms with Crippen LogP contribution in [-0.2, 0) is 11.3 Å². The maximum absolute atomic E-state index is 12.5. The Balaban J connectivity index is 1.55. The Bertz CT molecular complexity index is 605. The van der Waals surface area contributed by atoms with Gasteiger partial charge in [-0.2, -0.15) is 0 Å². The Kier molecular flexibility index (Phi) is 5.04. The van der Waals surface area contributed by atoms with Crippen LogP contribution in [0.15, 0.2) is 24.3 Å². The van der Waals surface area contributed by atoms with E-state index in [4.69, 9.17) is 11.5 Å². The molecule has 24 heavy (non-hydrogen) atoms. The lowest BCUT2D eigenvalue weighted by atomic mass is 9.65. The van der Waals surface area contributed by atoms with Gasteiger partial charge in [-0.3, -0.25) is 4.79 Å². The van der Waals surface area contributed by atoms with Gasteiger partial charge >= 0.3 is 6.03 Å². The summed E-state index contributed by atoms with van der Waals surface area (Å²) in [6.07, 6.45) is 5.38. The molecule has 2 aliphatic carbocycles. The van der Waals surface area contributed by atoms with E-state index < -0.39 is 6.03 Å². The number of nitrogens with two attached hydrogens (primary N) is 2. The number of benzene rings is 1. The first-order chi connectivity index (χ1) is 11.5. The van der Waals surface area contributed by atoms with Crippen LogP contribution < -0.4 is 22.1 Å². The maximum atomic E-state index is 12.5. The van der Waals surface area contributed by atoms with Gasteiger partial charge in [0.25, 0.3) is 0 Å². The largest absolute Gasteiger partial charge is 0.352 e. The molecule has 0 spiro atoms. The number of primary amides is 1. The van der Waals surface area contributed by atoms with Crippen LogP contribution in [0.2, 0.25) is 0 Å². The molecular weight excluding hydrogens is 304 g/mol. The van der Waals surface area contributed by atoms with E-state index in [-0.39, 0.29) is 17.9 Å². The predicted molar refractivity (Wildman–Crippen MR) is 93.0 cm³/mol. The molecule has 1 aromatic carbocycles. The van der Waals surface area contributed by atoms with E-state index in [9.17, 15) is 9.59 Å². The Morgan fingerprint density at radius 3 is 2.54 bits per heavy atom. The quantitative estimate of drug-likeness (QED) is 0.677. The highest BCUT2D eigenvalue weighted by molar-refractivity contribution is 5.87. The third-order valence-electron chi connectivity index (χ3n) is 5.45. The molecule has 2 bridgehead atoms. The minimum absolute atomic E-state index is 0.0760. The van der Waals surface area contributed by atoms with Gasteiger partial charge in [0, 0.05) is 24.2 Å². The molecule has 3 amide bonds. The highest BCUT2D eigenvalue weighted by Crippen LogP contribution is 2.41. The number of hydrogen-bond donors (Lipinski definition) is 4. The zero-order valence-corrected chi connectivity index (χ0v) is 13.8. The van der Waals surface area contributed by atoms with Gasteiger partial charge in [0.1, 0.15) is 0 Å². The molecule has 3 rings (SSSR count). The fourth-order valence-corrected chi connectivity index (χ4v) is 4.24. The number of hydrogen-bond acceptors (Lipinski definition) is 3. The number of carbonyl (C=O) groups is 2. The molecule has 2 aliphatic rings. The smallest absolute Gasteiger partial charge is 0.316 e. The Labute approximate surface area is 142 Å². The molecule has 2 fully saturated rings. The van der Waals surface area contributed by atoms with Gasteiger partial charge in [0.2, 0.25) is 5.91 Å². The Morgan fingerprint density at radius 1 is 1.17 bits per heavy atom. The fraction of sp³-hybridized carbons (Fsp3) is 0.556. The molecule has 2 unspecified atom stereocenters. The number of fused-ring (bicyclic) bond motifs is 2. The molecule has 2 atom stereocenters. The summed E-state index contributed by atoms with van der Waals surface area (Å²) in [6.45, 7) is 0.449. The summed E-state index contributed by atoms with van der Waals surface area (Å²) in [6, 6.07) is 7.01. The van der Waals surface area contributed by atoms with Gasteiger partial charge in [0.05, 0.1) is 0 Å². The molecule has 130 valence electrons. The van der Waals surface area contributed by atoms with E-state index >= 15 is 0 Å². The summed E-state index contributed by atoms with van der Waals surface area (Å²) in [5.74, 6) is 1.19. The van der Waals surface area contributed by atoms with Crippen LogP contribution >= 0.6 is 0 Å². The number of rotatable bonds is 4. The lowest BCUT2D eigenvalue weighted by Crippen LogP contribution is -2.49. The molecular formula is C18H26N4O2. The third-order valence-corrected chi connectivity index (χ3v) is 5.45. The highest BCUT2D eigenvalue weighted by Gasteiger charge is 2.40. The summed E-state index contributed by atoms with van der Waals surface area (Å²) >= 11 is 0. The summed E-state index contributed by atoms with van der Waals surface area (Å²) < 4.78 is 0. The van der Waals surface area contributed by atoms with Crippen molar-refractivity contribution < 1.29 is 9.59 Å². The standard InChI is InChI=1S/C18H26N4O2/c19-16-12-4-2-5-13(16)9-14(8-12)17(23)21-10-11-3-1-6-15(7-11)22-18(20)24/h1,3,6-7,12-14,16H,2,4-5,8-10,19H2,(H,21,23)(H3,20,22,24). The highest BCUT2D eigenvalue weighted by atomic mass is 16.2. The number of anilines is 1. The second kappa shape index (κ2) is 7.21. The summed E-state index contributed by atoms with van der Waals surface area (Å²) in [7, 11) is 0. The monoisotopic (exact) mass is 330 g/mol. The van der Waals surface area contributed by atoms with Gasteiger partial charge < -0.3 is 22.1 Å².